The fourth-order valence-electron chi connectivity index (χ4n) is 1.61. The molecule has 0 aromatic heterocycles. The van der Waals surface area contributed by atoms with Gasteiger partial charge in [-0.2, -0.15) is 0 Å². The number of hydrogen-bond donors (Lipinski definition) is 3. The Morgan fingerprint density at radius 3 is 2.32 bits per heavy atom. The number of benzene rings is 1. The van der Waals surface area contributed by atoms with Crippen molar-refractivity contribution in [3.63, 3.8) is 0 Å². The van der Waals surface area contributed by atoms with Gasteiger partial charge in [-0.15, -0.1) is 24.2 Å². The molecule has 0 heterocycles. The van der Waals surface area contributed by atoms with Crippen LogP contribution in [0.25, 0.3) is 0 Å². The zero-order valence-electron chi connectivity index (χ0n) is 13.0. The first-order chi connectivity index (χ1) is 10.1. The van der Waals surface area contributed by atoms with E-state index in [9.17, 15) is 9.59 Å². The second-order valence-corrected chi connectivity index (χ2v) is 5.70. The van der Waals surface area contributed by atoms with Crippen molar-refractivity contribution < 1.29 is 9.59 Å². The fourth-order valence-corrected chi connectivity index (χ4v) is 2.26. The third kappa shape index (κ3) is 9.65. The van der Waals surface area contributed by atoms with Gasteiger partial charge in [0.05, 0.1) is 11.5 Å². The van der Waals surface area contributed by atoms with Crippen LogP contribution in [-0.2, 0) is 9.59 Å². The molecule has 0 radical (unpaired) electrons. The van der Waals surface area contributed by atoms with Crippen LogP contribution < -0.4 is 16.0 Å². The summed E-state index contributed by atoms with van der Waals surface area (Å²) < 4.78 is 0. The molecule has 1 aromatic rings. The fraction of sp³-hybridized carbons (Fsp3) is 0.467. The number of rotatable bonds is 9. The first-order valence-corrected chi connectivity index (χ1v) is 8.13. The number of amides is 2. The van der Waals surface area contributed by atoms with Crippen LogP contribution in [0.4, 0.5) is 5.69 Å². The summed E-state index contributed by atoms with van der Waals surface area (Å²) in [5.41, 5.74) is 1.93. The summed E-state index contributed by atoms with van der Waals surface area (Å²) in [6.45, 7) is 3.54. The number of carbonyl (C=O) groups is 2. The van der Waals surface area contributed by atoms with Gasteiger partial charge in [0.25, 0.3) is 0 Å². The van der Waals surface area contributed by atoms with Gasteiger partial charge in [0.15, 0.2) is 0 Å². The maximum Gasteiger partial charge on any atom is 0.234 e. The summed E-state index contributed by atoms with van der Waals surface area (Å²) in [5, 5.41) is 8.64. The molecule has 0 bridgehead atoms. The van der Waals surface area contributed by atoms with Crippen molar-refractivity contribution in [3.8, 4) is 0 Å². The van der Waals surface area contributed by atoms with Crippen LogP contribution in [0.5, 0.6) is 0 Å². The minimum atomic E-state index is -0.0909. The van der Waals surface area contributed by atoms with E-state index in [2.05, 4.69) is 16.0 Å². The second kappa shape index (κ2) is 12.3. The van der Waals surface area contributed by atoms with Crippen molar-refractivity contribution in [2.45, 2.75) is 13.3 Å². The van der Waals surface area contributed by atoms with Crippen LogP contribution in [0.1, 0.15) is 12.0 Å². The van der Waals surface area contributed by atoms with Crippen LogP contribution in [0, 0.1) is 6.92 Å². The van der Waals surface area contributed by atoms with Gasteiger partial charge in [-0.25, -0.2) is 0 Å². The van der Waals surface area contributed by atoms with Crippen LogP contribution in [0.15, 0.2) is 24.3 Å². The summed E-state index contributed by atoms with van der Waals surface area (Å²) in [6, 6.07) is 7.63. The van der Waals surface area contributed by atoms with Gasteiger partial charge < -0.3 is 16.0 Å². The monoisotopic (exact) mass is 345 g/mol. The SMILES string of the molecule is CNCCCNC(=O)CSCC(=O)Nc1ccc(C)cc1.Cl. The van der Waals surface area contributed by atoms with E-state index < -0.39 is 0 Å². The highest BCUT2D eigenvalue weighted by molar-refractivity contribution is 8.00. The lowest BCUT2D eigenvalue weighted by Crippen LogP contribution is -2.28. The van der Waals surface area contributed by atoms with Gasteiger partial charge in [0.2, 0.25) is 11.8 Å². The van der Waals surface area contributed by atoms with Gasteiger partial charge in [-0.1, -0.05) is 17.7 Å². The minimum absolute atomic E-state index is 0. The molecule has 0 spiro atoms. The molecule has 0 aliphatic carbocycles. The summed E-state index contributed by atoms with van der Waals surface area (Å²) in [5.74, 6) is 0.463. The Balaban J connectivity index is 0.00000441. The lowest BCUT2D eigenvalue weighted by molar-refractivity contribution is -0.118. The van der Waals surface area contributed by atoms with Crippen molar-refractivity contribution in [1.29, 1.82) is 0 Å². The molecule has 22 heavy (non-hydrogen) atoms. The Morgan fingerprint density at radius 2 is 1.68 bits per heavy atom. The second-order valence-electron chi connectivity index (χ2n) is 4.71. The summed E-state index contributed by atoms with van der Waals surface area (Å²) in [6.07, 6.45) is 0.904. The van der Waals surface area contributed by atoms with Gasteiger partial charge in [0.1, 0.15) is 0 Å². The normalized spacial score (nSPS) is 9.73. The van der Waals surface area contributed by atoms with Crippen molar-refractivity contribution in [2.24, 2.45) is 0 Å². The highest BCUT2D eigenvalue weighted by Gasteiger charge is 2.05. The van der Waals surface area contributed by atoms with E-state index in [-0.39, 0.29) is 30.0 Å². The zero-order chi connectivity index (χ0) is 15.5. The highest BCUT2D eigenvalue weighted by Crippen LogP contribution is 2.09. The maximum absolute atomic E-state index is 11.7. The maximum atomic E-state index is 11.7. The van der Waals surface area contributed by atoms with Gasteiger partial charge in [-0.05, 0) is 39.1 Å². The van der Waals surface area contributed by atoms with E-state index in [4.69, 9.17) is 0 Å². The Bertz CT molecular complexity index is 455. The van der Waals surface area contributed by atoms with Crippen molar-refractivity contribution in [1.82, 2.24) is 10.6 Å². The molecule has 0 fully saturated rings. The van der Waals surface area contributed by atoms with Gasteiger partial charge in [-0.3, -0.25) is 9.59 Å². The first kappa shape index (κ1) is 20.8. The Kier molecular flexibility index (Phi) is 11.6. The van der Waals surface area contributed by atoms with Crippen molar-refractivity contribution >= 4 is 41.7 Å². The number of aryl methyl sites for hydroxylation is 1. The molecule has 0 aliphatic rings. The van der Waals surface area contributed by atoms with E-state index in [0.717, 1.165) is 24.2 Å². The summed E-state index contributed by atoms with van der Waals surface area (Å²) in [4.78, 5) is 23.2. The lowest BCUT2D eigenvalue weighted by Gasteiger charge is -2.06. The molecule has 0 unspecified atom stereocenters. The zero-order valence-corrected chi connectivity index (χ0v) is 14.6. The summed E-state index contributed by atoms with van der Waals surface area (Å²) in [7, 11) is 1.88. The predicted octanol–water partition coefficient (Wildman–Crippen LogP) is 1.81. The number of halogens is 1. The van der Waals surface area contributed by atoms with E-state index >= 15 is 0 Å². The van der Waals surface area contributed by atoms with Crippen LogP contribution in [0.2, 0.25) is 0 Å². The van der Waals surface area contributed by atoms with Crippen LogP contribution >= 0.6 is 24.2 Å². The van der Waals surface area contributed by atoms with E-state index in [1.807, 2.05) is 38.2 Å². The number of hydrogen-bond acceptors (Lipinski definition) is 4. The Morgan fingerprint density at radius 1 is 1.05 bits per heavy atom. The molecule has 0 saturated heterocycles. The molecule has 1 aromatic carbocycles. The quantitative estimate of drug-likeness (QED) is 0.597. The number of thioether (sulfide) groups is 1. The molecular weight excluding hydrogens is 322 g/mol. The largest absolute Gasteiger partial charge is 0.355 e. The van der Waals surface area contributed by atoms with E-state index in [0.29, 0.717) is 12.3 Å². The van der Waals surface area contributed by atoms with Crippen molar-refractivity contribution in [2.75, 3.05) is 37.0 Å². The first-order valence-electron chi connectivity index (χ1n) is 6.97. The van der Waals surface area contributed by atoms with Gasteiger partial charge in [0, 0.05) is 12.2 Å². The molecule has 5 nitrogen and oxygen atoms in total. The molecule has 0 saturated carbocycles. The summed E-state index contributed by atoms with van der Waals surface area (Å²) >= 11 is 1.32. The average Bonchev–Trinajstić information content (AvgIpc) is 2.46. The predicted molar refractivity (Wildman–Crippen MR) is 95.9 cm³/mol. The third-order valence-electron chi connectivity index (χ3n) is 2.73. The third-order valence-corrected chi connectivity index (χ3v) is 3.66. The lowest BCUT2D eigenvalue weighted by atomic mass is 10.2. The smallest absolute Gasteiger partial charge is 0.234 e. The number of carbonyl (C=O) groups excluding carboxylic acids is 2. The van der Waals surface area contributed by atoms with Gasteiger partial charge >= 0.3 is 0 Å². The van der Waals surface area contributed by atoms with Crippen molar-refractivity contribution in [3.05, 3.63) is 29.8 Å². The average molecular weight is 346 g/mol. The van der Waals surface area contributed by atoms with E-state index in [1.54, 1.807) is 0 Å². The molecule has 0 aliphatic heterocycles. The Hall–Kier alpha value is -1.24. The van der Waals surface area contributed by atoms with Crippen LogP contribution in [-0.4, -0.2) is 43.5 Å². The molecule has 1 rings (SSSR count). The number of anilines is 1. The molecule has 7 heteroatoms. The minimum Gasteiger partial charge on any atom is -0.355 e. The van der Waals surface area contributed by atoms with E-state index in [1.165, 1.54) is 11.8 Å². The molecule has 0 atom stereocenters. The van der Waals surface area contributed by atoms with Crippen LogP contribution in [0.3, 0.4) is 0 Å². The number of nitrogens with one attached hydrogen (secondary N) is 3. The molecular formula is C15H24ClN3O2S. The Labute approximate surface area is 142 Å². The molecule has 2 amide bonds. The standard InChI is InChI=1S/C15H23N3O2S.ClH/c1-12-4-6-13(7-5-12)18-15(20)11-21-10-14(19)17-9-3-8-16-2;/h4-7,16H,3,8-11H2,1-2H3,(H,17,19)(H,18,20);1H. The molecule has 3 N–H and O–H groups in total. The molecule has 124 valence electrons. The topological polar surface area (TPSA) is 70.2 Å². The highest BCUT2D eigenvalue weighted by atomic mass is 35.5.